The lowest BCUT2D eigenvalue weighted by molar-refractivity contribution is -0.137. The Morgan fingerprint density at radius 1 is 0.821 bits per heavy atom. The molecule has 11 heteroatoms. The van der Waals surface area contributed by atoms with Gasteiger partial charge in [0.1, 0.15) is 10.7 Å². The number of alkyl halides is 3. The molecule has 0 saturated heterocycles. The summed E-state index contributed by atoms with van der Waals surface area (Å²) in [4.78, 5) is 25.6. The molecule has 0 spiro atoms. The van der Waals surface area contributed by atoms with E-state index in [9.17, 15) is 22.8 Å². The second kappa shape index (κ2) is 7.48. The van der Waals surface area contributed by atoms with Crippen molar-refractivity contribution in [3.63, 3.8) is 0 Å². The van der Waals surface area contributed by atoms with Gasteiger partial charge in [-0.15, -0.1) is 0 Å². The summed E-state index contributed by atoms with van der Waals surface area (Å²) in [6.07, 6.45) is -4.69. The minimum absolute atomic E-state index is 0.179. The minimum atomic E-state index is -4.69. The van der Waals surface area contributed by atoms with Crippen LogP contribution >= 0.6 is 46.4 Å². The normalized spacial score (nSPS) is 14.9. The molecule has 0 saturated carbocycles. The summed E-state index contributed by atoms with van der Waals surface area (Å²) in [6, 6.07) is 6.59. The number of carbonyl (C=O) groups excluding carboxylic acids is 2. The molecule has 0 fully saturated rings. The van der Waals surface area contributed by atoms with Crippen molar-refractivity contribution < 1.29 is 22.8 Å². The summed E-state index contributed by atoms with van der Waals surface area (Å²) in [6.45, 7) is 0. The molecule has 1 heterocycles. The summed E-state index contributed by atoms with van der Waals surface area (Å²) < 4.78 is 39.0. The van der Waals surface area contributed by atoms with Gasteiger partial charge in [0, 0.05) is 5.69 Å². The molecule has 1 aliphatic rings. The fraction of sp³-hybridized carbons (Fsp3) is 0.0588. The lowest BCUT2D eigenvalue weighted by Crippen LogP contribution is -2.32. The van der Waals surface area contributed by atoms with Gasteiger partial charge >= 0.3 is 6.18 Å². The van der Waals surface area contributed by atoms with Crippen LogP contribution in [0.4, 0.5) is 24.5 Å². The lowest BCUT2D eigenvalue weighted by atomic mass is 10.2. The van der Waals surface area contributed by atoms with Crippen LogP contribution in [0.3, 0.4) is 0 Å². The molecule has 28 heavy (non-hydrogen) atoms. The van der Waals surface area contributed by atoms with E-state index in [1.165, 1.54) is 18.2 Å². The van der Waals surface area contributed by atoms with Gasteiger partial charge in [0.05, 0.1) is 26.3 Å². The predicted octanol–water partition coefficient (Wildman–Crippen LogP) is 6.10. The molecule has 146 valence electrons. The van der Waals surface area contributed by atoms with E-state index in [0.29, 0.717) is 16.7 Å². The molecule has 2 aromatic carbocycles. The van der Waals surface area contributed by atoms with Crippen molar-refractivity contribution in [1.82, 2.24) is 0 Å². The van der Waals surface area contributed by atoms with Crippen LogP contribution in [0.15, 0.2) is 47.1 Å². The summed E-state index contributed by atoms with van der Waals surface area (Å²) in [5, 5.41) is 2.33. The first-order chi connectivity index (χ1) is 13.0. The Hall–Kier alpha value is -1.93. The SMILES string of the molecule is O=C1C(Cl)=C(Nc2ccc(Cl)c(Cl)c2)C(=O)N1c1cc(C(F)(F)F)ccc1Cl. The van der Waals surface area contributed by atoms with Crippen molar-refractivity contribution in [2.75, 3.05) is 10.2 Å². The molecule has 0 aromatic heterocycles. The van der Waals surface area contributed by atoms with Crippen molar-refractivity contribution >= 4 is 69.6 Å². The van der Waals surface area contributed by atoms with Crippen LogP contribution in [0, 0.1) is 0 Å². The Morgan fingerprint density at radius 3 is 2.07 bits per heavy atom. The molecule has 1 aliphatic heterocycles. The maximum atomic E-state index is 13.0. The topological polar surface area (TPSA) is 49.4 Å². The van der Waals surface area contributed by atoms with Gasteiger partial charge in [0.15, 0.2) is 0 Å². The van der Waals surface area contributed by atoms with E-state index in [4.69, 9.17) is 46.4 Å². The summed E-state index contributed by atoms with van der Waals surface area (Å²) in [5.41, 5.74) is -1.55. The molecule has 2 amide bonds. The number of hydrogen-bond donors (Lipinski definition) is 1. The minimum Gasteiger partial charge on any atom is -0.350 e. The zero-order valence-electron chi connectivity index (χ0n) is 13.4. The van der Waals surface area contributed by atoms with Gasteiger partial charge in [-0.1, -0.05) is 46.4 Å². The molecule has 1 N–H and O–H groups in total. The molecule has 0 radical (unpaired) electrons. The number of hydrogen-bond acceptors (Lipinski definition) is 3. The van der Waals surface area contributed by atoms with E-state index in [-0.39, 0.29) is 20.8 Å². The quantitative estimate of drug-likeness (QED) is 0.552. The Labute approximate surface area is 176 Å². The number of nitrogens with one attached hydrogen (secondary N) is 1. The Bertz CT molecular complexity index is 1040. The molecule has 0 atom stereocenters. The van der Waals surface area contributed by atoms with Crippen LogP contribution in [-0.2, 0) is 15.8 Å². The van der Waals surface area contributed by atoms with Gasteiger partial charge in [-0.05, 0) is 36.4 Å². The molecular weight excluding hydrogens is 463 g/mol. The summed E-state index contributed by atoms with van der Waals surface area (Å²) in [5.74, 6) is -1.99. The van der Waals surface area contributed by atoms with Crippen molar-refractivity contribution in [2.24, 2.45) is 0 Å². The van der Waals surface area contributed by atoms with Gasteiger partial charge in [-0.2, -0.15) is 13.2 Å². The second-order valence-corrected chi connectivity index (χ2v) is 7.15. The van der Waals surface area contributed by atoms with E-state index >= 15 is 0 Å². The highest BCUT2D eigenvalue weighted by atomic mass is 35.5. The number of halogens is 7. The molecule has 0 aliphatic carbocycles. The Morgan fingerprint density at radius 2 is 1.46 bits per heavy atom. The molecule has 0 unspecified atom stereocenters. The van der Waals surface area contributed by atoms with Crippen molar-refractivity contribution in [3.8, 4) is 0 Å². The summed E-state index contributed by atoms with van der Waals surface area (Å²) in [7, 11) is 0. The number of rotatable bonds is 3. The first kappa shape index (κ1) is 20.8. The standard InChI is InChI=1S/C17H7Cl4F3N2O2/c18-9-4-2-8(6-11(9)20)25-14-13(21)15(27)26(16(14)28)12-5-7(17(22,23)24)1-3-10(12)19/h1-6,25H. The summed E-state index contributed by atoms with van der Waals surface area (Å²) >= 11 is 23.6. The Balaban J connectivity index is 1.98. The van der Waals surface area contributed by atoms with Gasteiger partial charge < -0.3 is 5.32 Å². The zero-order valence-corrected chi connectivity index (χ0v) is 16.4. The largest absolute Gasteiger partial charge is 0.416 e. The van der Waals surface area contributed by atoms with Gasteiger partial charge in [0.25, 0.3) is 11.8 Å². The van der Waals surface area contributed by atoms with E-state index in [0.717, 1.165) is 12.1 Å². The third kappa shape index (κ3) is 3.80. The molecule has 4 nitrogen and oxygen atoms in total. The van der Waals surface area contributed by atoms with Crippen molar-refractivity contribution in [2.45, 2.75) is 6.18 Å². The highest BCUT2D eigenvalue weighted by molar-refractivity contribution is 6.53. The average molecular weight is 470 g/mol. The van der Waals surface area contributed by atoms with Gasteiger partial charge in [-0.25, -0.2) is 4.90 Å². The van der Waals surface area contributed by atoms with Crippen molar-refractivity contribution in [1.29, 1.82) is 0 Å². The van der Waals surface area contributed by atoms with E-state index in [2.05, 4.69) is 5.32 Å². The number of carbonyl (C=O) groups is 2. The third-order valence-electron chi connectivity index (χ3n) is 3.73. The van der Waals surface area contributed by atoms with Crippen LogP contribution in [0.5, 0.6) is 0 Å². The average Bonchev–Trinajstić information content (AvgIpc) is 2.81. The van der Waals surface area contributed by atoms with Crippen molar-refractivity contribution in [3.05, 3.63) is 67.8 Å². The highest BCUT2D eigenvalue weighted by Gasteiger charge is 2.41. The first-order valence-electron chi connectivity index (χ1n) is 7.38. The molecule has 0 bridgehead atoms. The first-order valence-corrected chi connectivity index (χ1v) is 8.89. The smallest absolute Gasteiger partial charge is 0.350 e. The second-order valence-electron chi connectivity index (χ2n) is 5.55. The van der Waals surface area contributed by atoms with Gasteiger partial charge in [0.2, 0.25) is 0 Å². The number of anilines is 2. The van der Waals surface area contributed by atoms with Crippen LogP contribution in [-0.4, -0.2) is 11.8 Å². The molecule has 2 aromatic rings. The Kier molecular flexibility index (Phi) is 5.55. The molecular formula is C17H7Cl4F3N2O2. The van der Waals surface area contributed by atoms with Crippen LogP contribution in [0.25, 0.3) is 0 Å². The van der Waals surface area contributed by atoms with E-state index in [1.807, 2.05) is 0 Å². The van der Waals surface area contributed by atoms with Gasteiger partial charge in [-0.3, -0.25) is 9.59 Å². The number of imide groups is 1. The van der Waals surface area contributed by atoms with Crippen LogP contribution in [0.1, 0.15) is 5.56 Å². The number of nitrogens with zero attached hydrogens (tertiary/aromatic N) is 1. The van der Waals surface area contributed by atoms with Crippen LogP contribution < -0.4 is 10.2 Å². The maximum Gasteiger partial charge on any atom is 0.416 e. The van der Waals surface area contributed by atoms with E-state index < -0.39 is 34.3 Å². The maximum absolute atomic E-state index is 13.0. The number of amides is 2. The molecule has 3 rings (SSSR count). The fourth-order valence-corrected chi connectivity index (χ4v) is 3.12. The third-order valence-corrected chi connectivity index (χ3v) is 5.14. The highest BCUT2D eigenvalue weighted by Crippen LogP contribution is 2.39. The van der Waals surface area contributed by atoms with Crippen LogP contribution in [0.2, 0.25) is 15.1 Å². The number of benzene rings is 2. The fourth-order valence-electron chi connectivity index (χ4n) is 2.41. The van der Waals surface area contributed by atoms with E-state index in [1.54, 1.807) is 0 Å². The predicted molar refractivity (Wildman–Crippen MR) is 102 cm³/mol. The lowest BCUT2D eigenvalue weighted by Gasteiger charge is -2.18. The zero-order chi connectivity index (χ0) is 20.8. The monoisotopic (exact) mass is 468 g/mol.